The molecule has 2 aromatic rings. The van der Waals surface area contributed by atoms with Crippen molar-refractivity contribution in [3.8, 4) is 18.0 Å². The van der Waals surface area contributed by atoms with Crippen molar-refractivity contribution in [1.29, 1.82) is 10.5 Å². The van der Waals surface area contributed by atoms with Crippen molar-refractivity contribution in [2.45, 2.75) is 64.5 Å². The van der Waals surface area contributed by atoms with Crippen molar-refractivity contribution in [3.05, 3.63) is 40.6 Å². The van der Waals surface area contributed by atoms with Crippen LogP contribution >= 0.6 is 0 Å². The zero-order valence-corrected chi connectivity index (χ0v) is 16.6. The van der Waals surface area contributed by atoms with Gasteiger partial charge in [0.05, 0.1) is 34.7 Å². The first kappa shape index (κ1) is 18.2. The third-order valence-corrected chi connectivity index (χ3v) is 5.38. The Labute approximate surface area is 164 Å². The maximum absolute atomic E-state index is 9.43. The van der Waals surface area contributed by atoms with Gasteiger partial charge < -0.3 is 4.74 Å². The fourth-order valence-corrected chi connectivity index (χ4v) is 3.20. The molecule has 7 heteroatoms. The summed E-state index contributed by atoms with van der Waals surface area (Å²) in [6.45, 7) is 7.63. The fourth-order valence-electron chi connectivity index (χ4n) is 3.20. The monoisotopic (exact) mass is 374 g/mol. The number of ether oxygens (including phenoxy) is 1. The van der Waals surface area contributed by atoms with Gasteiger partial charge in [-0.15, -0.1) is 0 Å². The largest absolute Gasteiger partial charge is 0.471 e. The molecule has 0 bridgehead atoms. The van der Waals surface area contributed by atoms with E-state index in [-0.39, 0.29) is 5.60 Å². The molecule has 0 aliphatic heterocycles. The lowest BCUT2D eigenvalue weighted by molar-refractivity contribution is 0.190. The molecule has 0 aromatic carbocycles. The Balaban J connectivity index is 1.70. The van der Waals surface area contributed by atoms with E-state index in [0.717, 1.165) is 35.4 Å². The molecule has 2 heterocycles. The highest BCUT2D eigenvalue weighted by Gasteiger charge is 2.42. The highest BCUT2D eigenvalue weighted by molar-refractivity contribution is 5.84. The molecule has 0 N–H and O–H groups in total. The van der Waals surface area contributed by atoms with E-state index in [1.54, 1.807) is 4.68 Å². The second-order valence-corrected chi connectivity index (χ2v) is 8.28. The molecular weight excluding hydrogens is 352 g/mol. The molecule has 7 nitrogen and oxygen atoms in total. The smallest absolute Gasteiger partial charge is 0.226 e. The van der Waals surface area contributed by atoms with Crippen LogP contribution in [0, 0.1) is 29.6 Å². The number of rotatable bonds is 5. The van der Waals surface area contributed by atoms with Crippen LogP contribution in [0.5, 0.6) is 5.88 Å². The van der Waals surface area contributed by atoms with Crippen LogP contribution in [0.4, 0.5) is 0 Å². The van der Waals surface area contributed by atoms with Gasteiger partial charge in [0.15, 0.2) is 0 Å². The molecule has 0 atom stereocenters. The number of nitriles is 2. The van der Waals surface area contributed by atoms with Crippen molar-refractivity contribution in [2.75, 3.05) is 0 Å². The molecule has 0 amide bonds. The summed E-state index contributed by atoms with van der Waals surface area (Å²) in [6, 6.07) is 4.49. The third-order valence-electron chi connectivity index (χ3n) is 5.38. The fraction of sp³-hybridized carbons (Fsp3) is 0.476. The van der Waals surface area contributed by atoms with Crippen molar-refractivity contribution >= 4 is 5.57 Å². The van der Waals surface area contributed by atoms with Crippen molar-refractivity contribution < 1.29 is 4.74 Å². The van der Waals surface area contributed by atoms with E-state index >= 15 is 0 Å². The molecule has 2 aliphatic rings. The van der Waals surface area contributed by atoms with Crippen LogP contribution in [-0.4, -0.2) is 25.3 Å². The van der Waals surface area contributed by atoms with Crippen molar-refractivity contribution in [3.63, 3.8) is 0 Å². The number of allylic oxidation sites excluding steroid dienone is 2. The second kappa shape index (κ2) is 6.17. The van der Waals surface area contributed by atoms with Crippen LogP contribution in [0.25, 0.3) is 5.57 Å². The lowest BCUT2D eigenvalue weighted by atomic mass is 10.1. The third kappa shape index (κ3) is 3.14. The molecule has 0 spiro atoms. The average Bonchev–Trinajstić information content (AvgIpc) is 3.06. The van der Waals surface area contributed by atoms with Crippen molar-refractivity contribution in [2.24, 2.45) is 0 Å². The number of hydrogen-bond donors (Lipinski definition) is 0. The quantitative estimate of drug-likeness (QED) is 0.796. The minimum atomic E-state index is -0.720. The predicted molar refractivity (Wildman–Crippen MR) is 102 cm³/mol. The van der Waals surface area contributed by atoms with Crippen LogP contribution in [0.2, 0.25) is 0 Å². The Morgan fingerprint density at radius 1 is 1.29 bits per heavy atom. The lowest BCUT2D eigenvalue weighted by Crippen LogP contribution is -2.24. The Morgan fingerprint density at radius 2 is 2.04 bits per heavy atom. The Hall–Kier alpha value is -3.19. The van der Waals surface area contributed by atoms with Gasteiger partial charge in [0.25, 0.3) is 0 Å². The topological polar surface area (TPSA) is 100 Å². The molecule has 4 rings (SSSR count). The molecule has 2 aromatic heterocycles. The number of aryl methyl sites for hydroxylation is 1. The van der Waals surface area contributed by atoms with Crippen molar-refractivity contribution in [1.82, 2.24) is 19.7 Å². The summed E-state index contributed by atoms with van der Waals surface area (Å²) >= 11 is 0. The van der Waals surface area contributed by atoms with Gasteiger partial charge in [-0.3, -0.25) is 4.68 Å². The predicted octanol–water partition coefficient (Wildman–Crippen LogP) is 3.23. The molecular formula is C21H22N6O. The second-order valence-electron chi connectivity index (χ2n) is 8.28. The Morgan fingerprint density at radius 3 is 2.68 bits per heavy atom. The maximum Gasteiger partial charge on any atom is 0.226 e. The number of aromatic nitrogens is 4. The van der Waals surface area contributed by atoms with Crippen LogP contribution in [0.3, 0.4) is 0 Å². The van der Waals surface area contributed by atoms with Gasteiger partial charge in [-0.25, -0.2) is 4.98 Å². The highest BCUT2D eigenvalue weighted by Crippen LogP contribution is 2.42. The summed E-state index contributed by atoms with van der Waals surface area (Å²) in [4.78, 5) is 9.36. The first-order valence-electron chi connectivity index (χ1n) is 9.41. The molecule has 2 aliphatic carbocycles. The normalized spacial score (nSPS) is 16.7. The molecule has 0 saturated heterocycles. The van der Waals surface area contributed by atoms with Crippen LogP contribution in [0.15, 0.2) is 12.3 Å². The van der Waals surface area contributed by atoms with Gasteiger partial charge in [-0.1, -0.05) is 6.08 Å². The standard InChI is InChI=1S/C21H22N6O/c1-13-15(11-27(26-13)20(2,3)12-23)9-17-24-16-6-5-14(10-22)18(16)19(25-17)28-21(4)7-8-21/h5,11H,6-9H2,1-4H3. The van der Waals surface area contributed by atoms with E-state index in [2.05, 4.69) is 29.1 Å². The molecule has 28 heavy (non-hydrogen) atoms. The average molecular weight is 374 g/mol. The summed E-state index contributed by atoms with van der Waals surface area (Å²) in [5.74, 6) is 1.15. The summed E-state index contributed by atoms with van der Waals surface area (Å²) < 4.78 is 7.85. The van der Waals surface area contributed by atoms with E-state index in [0.29, 0.717) is 30.1 Å². The number of fused-ring (bicyclic) bond motifs is 1. The molecule has 1 saturated carbocycles. The minimum Gasteiger partial charge on any atom is -0.471 e. The highest BCUT2D eigenvalue weighted by atomic mass is 16.5. The van der Waals surface area contributed by atoms with E-state index < -0.39 is 5.54 Å². The first-order valence-corrected chi connectivity index (χ1v) is 9.41. The van der Waals surface area contributed by atoms with E-state index in [4.69, 9.17) is 9.72 Å². The number of nitrogens with zero attached hydrogens (tertiary/aromatic N) is 6. The summed E-state index contributed by atoms with van der Waals surface area (Å²) in [5.41, 5.74) is 3.06. The minimum absolute atomic E-state index is 0.194. The first-order chi connectivity index (χ1) is 13.2. The van der Waals surface area contributed by atoms with Crippen LogP contribution in [0.1, 0.15) is 62.0 Å². The Bertz CT molecular complexity index is 1080. The van der Waals surface area contributed by atoms with Gasteiger partial charge >= 0.3 is 0 Å². The van der Waals surface area contributed by atoms with Gasteiger partial charge in [0, 0.05) is 24.6 Å². The molecule has 0 radical (unpaired) electrons. The molecule has 142 valence electrons. The van der Waals surface area contributed by atoms with Gasteiger partial charge in [0.2, 0.25) is 5.88 Å². The van der Waals surface area contributed by atoms with Crippen LogP contribution < -0.4 is 4.74 Å². The summed E-state index contributed by atoms with van der Waals surface area (Å²) in [7, 11) is 0. The van der Waals surface area contributed by atoms with E-state index in [9.17, 15) is 10.5 Å². The SMILES string of the molecule is Cc1nn(C(C)(C)C#N)cc1Cc1nc2c(c(OC3(C)CC3)n1)C(C#N)=CC2. The Kier molecular flexibility index (Phi) is 4.01. The van der Waals surface area contributed by atoms with Gasteiger partial charge in [-0.2, -0.15) is 20.6 Å². The zero-order valence-electron chi connectivity index (χ0n) is 16.6. The van der Waals surface area contributed by atoms with E-state index in [1.807, 2.05) is 33.0 Å². The summed E-state index contributed by atoms with van der Waals surface area (Å²) in [5, 5.41) is 23.3. The maximum atomic E-state index is 9.43. The van der Waals surface area contributed by atoms with Gasteiger partial charge in [0.1, 0.15) is 17.0 Å². The zero-order chi connectivity index (χ0) is 20.1. The number of hydrogen-bond acceptors (Lipinski definition) is 6. The van der Waals surface area contributed by atoms with E-state index in [1.165, 1.54) is 0 Å². The lowest BCUT2D eigenvalue weighted by Gasteiger charge is -2.16. The summed E-state index contributed by atoms with van der Waals surface area (Å²) in [6.07, 6.45) is 6.85. The molecule has 0 unspecified atom stereocenters. The van der Waals surface area contributed by atoms with Crippen LogP contribution in [-0.2, 0) is 18.4 Å². The molecule has 1 fully saturated rings. The van der Waals surface area contributed by atoms with Gasteiger partial charge in [-0.05, 0) is 40.5 Å².